The Balaban J connectivity index is 1.71. The molecular formula is C34H43N3O5S. The molecule has 1 saturated carbocycles. The molecule has 1 N–H and O–H groups in total. The highest BCUT2D eigenvalue weighted by Crippen LogP contribution is 2.26. The lowest BCUT2D eigenvalue weighted by molar-refractivity contribution is -0.140. The second kappa shape index (κ2) is 14.6. The minimum atomic E-state index is -4.11. The van der Waals surface area contributed by atoms with Gasteiger partial charge in [0.05, 0.1) is 17.7 Å². The van der Waals surface area contributed by atoms with Crippen LogP contribution in [0.4, 0.5) is 5.69 Å². The summed E-state index contributed by atoms with van der Waals surface area (Å²) in [6, 6.07) is 20.3. The number of hydrogen-bond acceptors (Lipinski definition) is 5. The van der Waals surface area contributed by atoms with Gasteiger partial charge in [-0.05, 0) is 80.6 Å². The summed E-state index contributed by atoms with van der Waals surface area (Å²) in [7, 11) is -2.54. The fourth-order valence-corrected chi connectivity index (χ4v) is 6.99. The van der Waals surface area contributed by atoms with E-state index >= 15 is 0 Å². The van der Waals surface area contributed by atoms with Crippen LogP contribution in [-0.4, -0.2) is 50.9 Å². The quantitative estimate of drug-likeness (QED) is 0.283. The molecule has 0 radical (unpaired) electrons. The van der Waals surface area contributed by atoms with Crippen molar-refractivity contribution in [1.82, 2.24) is 10.2 Å². The van der Waals surface area contributed by atoms with E-state index in [4.69, 9.17) is 4.74 Å². The van der Waals surface area contributed by atoms with Crippen molar-refractivity contribution in [2.24, 2.45) is 0 Å². The number of methoxy groups -OCH3 is 1. The van der Waals surface area contributed by atoms with Gasteiger partial charge in [-0.15, -0.1) is 0 Å². The van der Waals surface area contributed by atoms with Crippen LogP contribution in [0.3, 0.4) is 0 Å². The van der Waals surface area contributed by atoms with Crippen LogP contribution in [0.5, 0.6) is 5.75 Å². The fourth-order valence-electron chi connectivity index (χ4n) is 5.58. The van der Waals surface area contributed by atoms with Gasteiger partial charge in [-0.2, -0.15) is 0 Å². The SMILES string of the molecule is CC[C@@H](C(=O)NC1CCCCC1)N(Cc1cccc(OC)c1)C(=O)CN(c1cccc(C)c1)S(=O)(=O)c1ccc(C)cc1. The highest BCUT2D eigenvalue weighted by molar-refractivity contribution is 7.92. The normalized spacial score (nSPS) is 14.5. The smallest absolute Gasteiger partial charge is 0.264 e. The van der Waals surface area contributed by atoms with Gasteiger partial charge in [0.2, 0.25) is 11.8 Å². The van der Waals surface area contributed by atoms with Crippen LogP contribution < -0.4 is 14.4 Å². The van der Waals surface area contributed by atoms with E-state index < -0.39 is 28.5 Å². The lowest BCUT2D eigenvalue weighted by Crippen LogP contribution is -2.54. The van der Waals surface area contributed by atoms with Gasteiger partial charge in [-0.1, -0.05) is 68.1 Å². The standard InChI is InChI=1S/C34H43N3O5S/c1-5-32(34(39)35-28-13-7-6-8-14-28)36(23-27-12-10-16-30(22-27)42-4)33(38)24-37(29-15-9-11-26(3)21-29)43(40,41)31-19-17-25(2)18-20-31/h9-12,15-22,28,32H,5-8,13-14,23-24H2,1-4H3,(H,35,39)/t32-/m0/s1. The third-order valence-electron chi connectivity index (χ3n) is 8.00. The van der Waals surface area contributed by atoms with Crippen LogP contribution in [0.15, 0.2) is 77.7 Å². The largest absolute Gasteiger partial charge is 0.497 e. The Morgan fingerprint density at radius 1 is 0.930 bits per heavy atom. The maximum Gasteiger partial charge on any atom is 0.264 e. The predicted molar refractivity (Wildman–Crippen MR) is 170 cm³/mol. The summed E-state index contributed by atoms with van der Waals surface area (Å²) in [6.07, 6.45) is 5.51. The first-order chi connectivity index (χ1) is 20.6. The summed E-state index contributed by atoms with van der Waals surface area (Å²) in [5.41, 5.74) is 2.95. The van der Waals surface area contributed by atoms with Crippen LogP contribution in [0.1, 0.15) is 62.1 Å². The molecule has 43 heavy (non-hydrogen) atoms. The summed E-state index contributed by atoms with van der Waals surface area (Å²) >= 11 is 0. The molecule has 8 nitrogen and oxygen atoms in total. The number of ether oxygens (including phenoxy) is 1. The monoisotopic (exact) mass is 605 g/mol. The number of benzene rings is 3. The lowest BCUT2D eigenvalue weighted by Gasteiger charge is -2.34. The number of carbonyl (C=O) groups is 2. The average molecular weight is 606 g/mol. The van der Waals surface area contributed by atoms with Gasteiger partial charge in [0.25, 0.3) is 10.0 Å². The molecule has 3 aromatic carbocycles. The van der Waals surface area contributed by atoms with Gasteiger partial charge in [-0.25, -0.2) is 8.42 Å². The van der Waals surface area contributed by atoms with Crippen molar-refractivity contribution < 1.29 is 22.7 Å². The zero-order chi connectivity index (χ0) is 31.0. The first kappa shape index (κ1) is 32.1. The number of rotatable bonds is 12. The van der Waals surface area contributed by atoms with Crippen molar-refractivity contribution in [2.75, 3.05) is 18.0 Å². The van der Waals surface area contributed by atoms with Gasteiger partial charge in [-0.3, -0.25) is 13.9 Å². The van der Waals surface area contributed by atoms with Gasteiger partial charge in [0, 0.05) is 12.6 Å². The third-order valence-corrected chi connectivity index (χ3v) is 9.79. The molecule has 1 atom stereocenters. The Hall–Kier alpha value is -3.85. The molecule has 2 amide bonds. The first-order valence-corrected chi connectivity index (χ1v) is 16.4. The Kier molecular flexibility index (Phi) is 10.9. The molecule has 0 unspecified atom stereocenters. The highest BCUT2D eigenvalue weighted by atomic mass is 32.2. The summed E-state index contributed by atoms with van der Waals surface area (Å²) in [5.74, 6) is -0.0484. The van der Waals surface area contributed by atoms with Crippen LogP contribution in [0.2, 0.25) is 0 Å². The first-order valence-electron chi connectivity index (χ1n) is 15.0. The van der Waals surface area contributed by atoms with E-state index in [9.17, 15) is 18.0 Å². The highest BCUT2D eigenvalue weighted by Gasteiger charge is 2.34. The van der Waals surface area contributed by atoms with Crippen LogP contribution in [0, 0.1) is 13.8 Å². The van der Waals surface area contributed by atoms with E-state index in [2.05, 4.69) is 5.32 Å². The number of amides is 2. The predicted octanol–water partition coefficient (Wildman–Crippen LogP) is 5.76. The summed E-state index contributed by atoms with van der Waals surface area (Å²) in [4.78, 5) is 29.6. The van der Waals surface area contributed by atoms with Crippen LogP contribution in [-0.2, 0) is 26.2 Å². The van der Waals surface area contributed by atoms with Crippen molar-refractivity contribution >= 4 is 27.5 Å². The van der Waals surface area contributed by atoms with Crippen molar-refractivity contribution in [3.63, 3.8) is 0 Å². The van der Waals surface area contributed by atoms with Gasteiger partial charge in [0.15, 0.2) is 0 Å². The van der Waals surface area contributed by atoms with Crippen molar-refractivity contribution in [3.05, 3.63) is 89.5 Å². The van der Waals surface area contributed by atoms with Crippen molar-refractivity contribution in [3.8, 4) is 5.75 Å². The van der Waals surface area contributed by atoms with Gasteiger partial charge < -0.3 is 15.0 Å². The molecular weight excluding hydrogens is 562 g/mol. The van der Waals surface area contributed by atoms with E-state index in [0.717, 1.165) is 53.1 Å². The fraction of sp³-hybridized carbons (Fsp3) is 0.412. The molecule has 1 fully saturated rings. The molecule has 4 rings (SSSR count). The van der Waals surface area contributed by atoms with Gasteiger partial charge >= 0.3 is 0 Å². The van der Waals surface area contributed by atoms with E-state index in [-0.39, 0.29) is 23.4 Å². The van der Waals surface area contributed by atoms with E-state index in [1.807, 2.05) is 51.1 Å². The van der Waals surface area contributed by atoms with Crippen LogP contribution in [0.25, 0.3) is 0 Å². The van der Waals surface area contributed by atoms with Crippen molar-refractivity contribution in [2.45, 2.75) is 82.8 Å². The Morgan fingerprint density at radius 3 is 2.28 bits per heavy atom. The molecule has 3 aromatic rings. The number of anilines is 1. The lowest BCUT2D eigenvalue weighted by atomic mass is 9.95. The zero-order valence-corrected chi connectivity index (χ0v) is 26.4. The molecule has 0 aliphatic heterocycles. The second-order valence-corrected chi connectivity index (χ2v) is 13.2. The molecule has 0 heterocycles. The molecule has 0 spiro atoms. The molecule has 230 valence electrons. The number of carbonyl (C=O) groups excluding carboxylic acids is 2. The number of nitrogens with one attached hydrogen (secondary N) is 1. The molecule has 1 aliphatic rings. The minimum absolute atomic E-state index is 0.0785. The van der Waals surface area contributed by atoms with E-state index in [0.29, 0.717) is 17.9 Å². The third kappa shape index (κ3) is 8.16. The average Bonchev–Trinajstić information content (AvgIpc) is 3.00. The number of hydrogen-bond donors (Lipinski definition) is 1. The summed E-state index contributed by atoms with van der Waals surface area (Å²) in [5, 5.41) is 3.18. The van der Waals surface area contributed by atoms with Crippen LogP contribution >= 0.6 is 0 Å². The number of aryl methyl sites for hydroxylation is 2. The molecule has 9 heteroatoms. The Labute approximate surface area is 256 Å². The number of sulfonamides is 1. The minimum Gasteiger partial charge on any atom is -0.497 e. The molecule has 0 aromatic heterocycles. The number of nitrogens with zero attached hydrogens (tertiary/aromatic N) is 2. The maximum absolute atomic E-state index is 14.3. The molecule has 1 aliphatic carbocycles. The van der Waals surface area contributed by atoms with E-state index in [1.165, 1.54) is 4.90 Å². The maximum atomic E-state index is 14.3. The van der Waals surface area contributed by atoms with E-state index in [1.54, 1.807) is 49.6 Å². The molecule has 0 saturated heterocycles. The summed E-state index contributed by atoms with van der Waals surface area (Å²) < 4.78 is 34.6. The topological polar surface area (TPSA) is 96.0 Å². The summed E-state index contributed by atoms with van der Waals surface area (Å²) in [6.45, 7) is 5.30. The zero-order valence-electron chi connectivity index (χ0n) is 25.6. The Bertz CT molecular complexity index is 1500. The Morgan fingerprint density at radius 2 is 1.63 bits per heavy atom. The molecule has 0 bridgehead atoms. The van der Waals surface area contributed by atoms with Crippen molar-refractivity contribution in [1.29, 1.82) is 0 Å². The second-order valence-electron chi connectivity index (χ2n) is 11.3. The van der Waals surface area contributed by atoms with Gasteiger partial charge in [0.1, 0.15) is 18.3 Å².